The van der Waals surface area contributed by atoms with E-state index < -0.39 is 5.97 Å². The third kappa shape index (κ3) is 1.16. The Morgan fingerprint density at radius 2 is 2.40 bits per heavy atom. The molecule has 0 aliphatic heterocycles. The van der Waals surface area contributed by atoms with Gasteiger partial charge < -0.3 is 5.11 Å². The summed E-state index contributed by atoms with van der Waals surface area (Å²) < 4.78 is 1.87. The van der Waals surface area contributed by atoms with E-state index in [2.05, 4.69) is 10.1 Å². The molecule has 3 rings (SSSR count). The lowest BCUT2D eigenvalue weighted by Gasteiger charge is -2.06. The van der Waals surface area contributed by atoms with E-state index in [1.54, 1.807) is 0 Å². The number of hydrogen-bond acceptors (Lipinski definition) is 1. The van der Waals surface area contributed by atoms with Crippen LogP contribution in [-0.2, 0) is 10.2 Å². The molecule has 0 unspecified atom stereocenters. The van der Waals surface area contributed by atoms with Crippen molar-refractivity contribution in [3.8, 4) is 0 Å². The summed E-state index contributed by atoms with van der Waals surface area (Å²) in [5.41, 5.74) is 1.94. The number of aromatic amines is 2. The number of nitrogens with zero attached hydrogens (tertiary/aromatic N) is 1. The third-order valence-electron chi connectivity index (χ3n) is 3.20. The summed E-state index contributed by atoms with van der Waals surface area (Å²) in [6.07, 6.45) is 7.78. The van der Waals surface area contributed by atoms with E-state index in [0.717, 1.165) is 24.1 Å². The Kier molecular flexibility index (Phi) is 1.49. The van der Waals surface area contributed by atoms with Crippen molar-refractivity contribution in [3.05, 3.63) is 24.2 Å². The van der Waals surface area contributed by atoms with Crippen LogP contribution in [-0.4, -0.2) is 21.2 Å². The van der Waals surface area contributed by atoms with Crippen LogP contribution in [0, 0.1) is 0 Å². The molecule has 0 spiro atoms. The van der Waals surface area contributed by atoms with Gasteiger partial charge >= 0.3 is 11.6 Å². The van der Waals surface area contributed by atoms with Gasteiger partial charge in [-0.05, 0) is 12.8 Å². The first kappa shape index (κ1) is 8.52. The standard InChI is InChI=1S/C10H11N3O2/c14-8(15)5-10(1-2-10)7-6-12-13-4-3-11-9(7)13/h3-4,6H,1-2,5H2,(H2,11,12,14,15)/p+1. The molecule has 1 fully saturated rings. The van der Waals surface area contributed by atoms with Crippen molar-refractivity contribution in [1.29, 1.82) is 0 Å². The van der Waals surface area contributed by atoms with Crippen molar-refractivity contribution in [3.63, 3.8) is 0 Å². The molecule has 5 nitrogen and oxygen atoms in total. The lowest BCUT2D eigenvalue weighted by atomic mass is 9.95. The molecule has 0 radical (unpaired) electrons. The minimum atomic E-state index is -0.724. The first-order valence-electron chi connectivity index (χ1n) is 5.00. The molecule has 78 valence electrons. The first-order chi connectivity index (χ1) is 7.21. The monoisotopic (exact) mass is 206 g/mol. The molecule has 1 aliphatic rings. The maximum atomic E-state index is 10.8. The molecular formula is C10H12N3O2+. The van der Waals surface area contributed by atoms with Crippen LogP contribution in [0.2, 0.25) is 0 Å². The van der Waals surface area contributed by atoms with E-state index in [1.165, 1.54) is 0 Å². The van der Waals surface area contributed by atoms with Gasteiger partial charge in [0.2, 0.25) is 0 Å². The van der Waals surface area contributed by atoms with Gasteiger partial charge in [-0.1, -0.05) is 0 Å². The zero-order valence-corrected chi connectivity index (χ0v) is 8.16. The highest BCUT2D eigenvalue weighted by atomic mass is 16.4. The molecule has 0 aromatic carbocycles. The second-order valence-corrected chi connectivity index (χ2v) is 4.22. The largest absolute Gasteiger partial charge is 0.481 e. The Bertz CT molecular complexity index is 521. The van der Waals surface area contributed by atoms with Gasteiger partial charge in [-0.15, -0.1) is 4.52 Å². The fourth-order valence-electron chi connectivity index (χ4n) is 2.24. The van der Waals surface area contributed by atoms with Crippen molar-refractivity contribution in [2.75, 3.05) is 0 Å². The molecule has 1 aliphatic carbocycles. The normalized spacial score (nSPS) is 18.1. The topological polar surface area (TPSA) is 73.0 Å². The summed E-state index contributed by atoms with van der Waals surface area (Å²) in [7, 11) is 0. The van der Waals surface area contributed by atoms with Crippen LogP contribution in [0.25, 0.3) is 5.65 Å². The second kappa shape index (κ2) is 2.62. The summed E-state index contributed by atoms with van der Waals surface area (Å²) in [6, 6.07) is 0. The Morgan fingerprint density at radius 3 is 3.07 bits per heavy atom. The van der Waals surface area contributed by atoms with Crippen molar-refractivity contribution in [2.24, 2.45) is 0 Å². The van der Waals surface area contributed by atoms with Gasteiger partial charge in [-0.2, -0.15) is 0 Å². The van der Waals surface area contributed by atoms with E-state index in [9.17, 15) is 4.79 Å². The highest BCUT2D eigenvalue weighted by molar-refractivity contribution is 5.71. The van der Waals surface area contributed by atoms with E-state index in [0.29, 0.717) is 0 Å². The molecule has 0 amide bonds. The molecular weight excluding hydrogens is 194 g/mol. The van der Waals surface area contributed by atoms with Crippen LogP contribution in [0.1, 0.15) is 24.8 Å². The molecule has 1 saturated carbocycles. The molecule has 2 aromatic heterocycles. The van der Waals surface area contributed by atoms with Crippen LogP contribution in [0.3, 0.4) is 0 Å². The van der Waals surface area contributed by atoms with E-state index in [4.69, 9.17) is 5.11 Å². The number of fused-ring (bicyclic) bond motifs is 1. The van der Waals surface area contributed by atoms with E-state index in [-0.39, 0.29) is 11.8 Å². The molecule has 0 bridgehead atoms. The minimum absolute atomic E-state index is 0.137. The molecule has 15 heavy (non-hydrogen) atoms. The predicted molar refractivity (Wildman–Crippen MR) is 51.5 cm³/mol. The van der Waals surface area contributed by atoms with Crippen molar-refractivity contribution in [1.82, 2.24) is 10.1 Å². The number of nitrogens with one attached hydrogen (secondary N) is 2. The lowest BCUT2D eigenvalue weighted by Crippen LogP contribution is -2.20. The van der Waals surface area contributed by atoms with Gasteiger partial charge in [-0.3, -0.25) is 4.79 Å². The average molecular weight is 206 g/mol. The summed E-state index contributed by atoms with van der Waals surface area (Å²) in [5.74, 6) is -0.724. The highest BCUT2D eigenvalue weighted by Gasteiger charge is 2.49. The number of H-pyrrole nitrogens is 2. The molecule has 2 heterocycles. The quantitative estimate of drug-likeness (QED) is 0.643. The first-order valence-corrected chi connectivity index (χ1v) is 5.00. The average Bonchev–Trinajstić information content (AvgIpc) is 2.62. The van der Waals surface area contributed by atoms with Gasteiger partial charge in [0.1, 0.15) is 6.20 Å². The SMILES string of the molecule is O=C(O)CC1(c2c[nH][n+]3cc[nH]c23)CC1. The summed E-state index contributed by atoms with van der Waals surface area (Å²) >= 11 is 0. The summed E-state index contributed by atoms with van der Waals surface area (Å²) in [4.78, 5) is 13.9. The van der Waals surface area contributed by atoms with Crippen molar-refractivity contribution in [2.45, 2.75) is 24.7 Å². The zero-order valence-electron chi connectivity index (χ0n) is 8.16. The summed E-state index contributed by atoms with van der Waals surface area (Å²) in [5, 5.41) is 12.0. The smallest absolute Gasteiger partial charge is 0.308 e. The molecule has 5 heteroatoms. The Morgan fingerprint density at radius 1 is 1.60 bits per heavy atom. The third-order valence-corrected chi connectivity index (χ3v) is 3.20. The zero-order chi connectivity index (χ0) is 10.5. The van der Waals surface area contributed by atoms with Gasteiger partial charge in [0, 0.05) is 5.41 Å². The second-order valence-electron chi connectivity index (χ2n) is 4.22. The number of aliphatic carboxylic acids is 1. The maximum absolute atomic E-state index is 10.8. The number of carboxylic acids is 1. The van der Waals surface area contributed by atoms with E-state index in [1.807, 2.05) is 23.1 Å². The number of imidazole rings is 1. The number of aromatic nitrogens is 3. The van der Waals surface area contributed by atoms with Gasteiger partial charge in [-0.25, -0.2) is 10.1 Å². The van der Waals surface area contributed by atoms with Crippen LogP contribution < -0.4 is 4.52 Å². The summed E-state index contributed by atoms with van der Waals surface area (Å²) in [6.45, 7) is 0. The Labute approximate surface area is 85.7 Å². The molecule has 2 aromatic rings. The fourth-order valence-corrected chi connectivity index (χ4v) is 2.24. The highest BCUT2D eigenvalue weighted by Crippen LogP contribution is 2.51. The van der Waals surface area contributed by atoms with E-state index >= 15 is 0 Å². The minimum Gasteiger partial charge on any atom is -0.481 e. The van der Waals surface area contributed by atoms with Crippen LogP contribution >= 0.6 is 0 Å². The van der Waals surface area contributed by atoms with Gasteiger partial charge in [0.25, 0.3) is 0 Å². The Hall–Kier alpha value is -1.78. The molecule has 3 N–H and O–H groups in total. The van der Waals surface area contributed by atoms with Gasteiger partial charge in [0.15, 0.2) is 6.20 Å². The molecule has 0 atom stereocenters. The number of carbonyl (C=O) groups is 1. The van der Waals surface area contributed by atoms with Crippen molar-refractivity contribution >= 4 is 11.6 Å². The van der Waals surface area contributed by atoms with Gasteiger partial charge in [0.05, 0.1) is 18.2 Å². The lowest BCUT2D eigenvalue weighted by molar-refractivity contribution is -0.575. The number of carboxylic acid groups (broad SMARTS) is 1. The fraction of sp³-hybridized carbons (Fsp3) is 0.400. The molecule has 0 saturated heterocycles. The van der Waals surface area contributed by atoms with Crippen LogP contribution in [0.15, 0.2) is 18.6 Å². The Balaban J connectivity index is 2.07. The predicted octanol–water partition coefficient (Wildman–Crippen LogP) is 0.588. The number of hydrogen-bond donors (Lipinski definition) is 3. The van der Waals surface area contributed by atoms with Crippen molar-refractivity contribution < 1.29 is 14.4 Å². The van der Waals surface area contributed by atoms with Crippen LogP contribution in [0.4, 0.5) is 0 Å². The number of rotatable bonds is 3. The van der Waals surface area contributed by atoms with Crippen LogP contribution in [0.5, 0.6) is 0 Å². The maximum Gasteiger partial charge on any atom is 0.308 e.